The zero-order chi connectivity index (χ0) is 10.6. The second-order valence-electron chi connectivity index (χ2n) is 2.40. The minimum Gasteiger partial charge on any atom is -0.442 e. The summed E-state index contributed by atoms with van der Waals surface area (Å²) in [6.45, 7) is 7.78. The van der Waals surface area contributed by atoms with E-state index in [4.69, 9.17) is 9.79 Å². The zero-order valence-electron chi connectivity index (χ0n) is 7.14. The number of ether oxygens (including phenoxy) is 1. The van der Waals surface area contributed by atoms with Gasteiger partial charge in [0.2, 0.25) is 5.85 Å². The maximum atomic E-state index is 10.8. The van der Waals surface area contributed by atoms with E-state index in [1.165, 1.54) is 6.92 Å². The predicted octanol–water partition coefficient (Wildman–Crippen LogP) is 0.795. The Kier molecular flexibility index (Phi) is 4.07. The Hall–Kier alpha value is -0.900. The maximum Gasteiger partial charge on any atom is 0.369 e. The van der Waals surface area contributed by atoms with Crippen LogP contribution in [0.2, 0.25) is 0 Å². The van der Waals surface area contributed by atoms with Gasteiger partial charge in [-0.2, -0.15) is 0 Å². The largest absolute Gasteiger partial charge is 0.442 e. The van der Waals surface area contributed by atoms with Crippen LogP contribution < -0.4 is 0 Å². The lowest BCUT2D eigenvalue weighted by atomic mass is 10.4. The van der Waals surface area contributed by atoms with Crippen molar-refractivity contribution in [2.24, 2.45) is 0 Å². The fourth-order valence-electron chi connectivity index (χ4n) is 0.464. The summed E-state index contributed by atoms with van der Waals surface area (Å²) in [5.74, 6) is -2.45. The van der Waals surface area contributed by atoms with Gasteiger partial charge in [0.25, 0.3) is 0 Å². The molecule has 0 rings (SSSR count). The van der Waals surface area contributed by atoms with E-state index in [0.29, 0.717) is 0 Å². The summed E-state index contributed by atoms with van der Waals surface area (Å²) in [6.07, 6.45) is 0.877. The normalized spacial score (nSPS) is 13.2. The van der Waals surface area contributed by atoms with Gasteiger partial charge in [-0.15, -0.1) is 0 Å². The minimum atomic E-state index is -4.47. The third kappa shape index (κ3) is 4.03. The van der Waals surface area contributed by atoms with E-state index in [9.17, 15) is 9.36 Å². The van der Waals surface area contributed by atoms with Crippen LogP contribution in [-0.4, -0.2) is 21.6 Å². The summed E-state index contributed by atoms with van der Waals surface area (Å²) in [6, 6.07) is 0. The molecule has 1 atom stereocenters. The number of hydrogen-bond donors (Lipinski definition) is 2. The number of hydrogen-bond acceptors (Lipinski definition) is 3. The van der Waals surface area contributed by atoms with Gasteiger partial charge in [0, 0.05) is 5.57 Å². The van der Waals surface area contributed by atoms with Crippen LogP contribution in [0.25, 0.3) is 0 Å². The van der Waals surface area contributed by atoms with E-state index in [1.54, 1.807) is 0 Å². The highest BCUT2D eigenvalue weighted by molar-refractivity contribution is 7.52. The molecule has 0 amide bonds. The smallest absolute Gasteiger partial charge is 0.369 e. The standard InChI is InChI=1S/C7H11O5P/c1-4-6(13(9,10)11)12-7(8)5(2)3/h4,6H,1-2H2,3H3,(H2,9,10,11). The molecular weight excluding hydrogens is 195 g/mol. The van der Waals surface area contributed by atoms with E-state index in [1.807, 2.05) is 0 Å². The molecule has 1 unspecified atom stereocenters. The Labute approximate surface area is 75.9 Å². The van der Waals surface area contributed by atoms with E-state index < -0.39 is 19.4 Å². The average Bonchev–Trinajstić information content (AvgIpc) is 1.96. The van der Waals surface area contributed by atoms with E-state index >= 15 is 0 Å². The van der Waals surface area contributed by atoms with Crippen molar-refractivity contribution in [1.29, 1.82) is 0 Å². The first-order valence-corrected chi connectivity index (χ1v) is 5.01. The Balaban J connectivity index is 4.49. The topological polar surface area (TPSA) is 83.8 Å². The Bertz CT molecular complexity index is 277. The molecule has 0 bridgehead atoms. The Morgan fingerprint density at radius 1 is 1.62 bits per heavy atom. The average molecular weight is 206 g/mol. The molecule has 74 valence electrons. The first-order valence-electron chi connectivity index (χ1n) is 3.33. The zero-order valence-corrected chi connectivity index (χ0v) is 8.03. The summed E-state index contributed by atoms with van der Waals surface area (Å²) < 4.78 is 15.0. The second-order valence-corrected chi connectivity index (χ2v) is 4.09. The number of carbonyl (C=O) groups excluding carboxylic acids is 1. The van der Waals surface area contributed by atoms with Crippen molar-refractivity contribution in [1.82, 2.24) is 0 Å². The van der Waals surface area contributed by atoms with Gasteiger partial charge in [0.15, 0.2) is 0 Å². The SMILES string of the molecule is C=CC(OC(=O)C(=C)C)P(=O)(O)O. The minimum absolute atomic E-state index is 0.0697. The summed E-state index contributed by atoms with van der Waals surface area (Å²) in [5, 5.41) is 0. The van der Waals surface area contributed by atoms with Gasteiger partial charge in [-0.05, 0) is 13.0 Å². The molecule has 0 aromatic heterocycles. The molecule has 0 aliphatic rings. The van der Waals surface area contributed by atoms with Crippen LogP contribution in [0.4, 0.5) is 0 Å². The molecule has 13 heavy (non-hydrogen) atoms. The van der Waals surface area contributed by atoms with Crippen LogP contribution >= 0.6 is 7.60 Å². The Morgan fingerprint density at radius 2 is 2.08 bits per heavy atom. The van der Waals surface area contributed by atoms with Gasteiger partial charge in [0.05, 0.1) is 0 Å². The van der Waals surface area contributed by atoms with Crippen molar-refractivity contribution in [3.05, 3.63) is 24.8 Å². The first-order chi connectivity index (χ1) is 5.79. The fourth-order valence-corrected chi connectivity index (χ4v) is 0.972. The highest BCUT2D eigenvalue weighted by atomic mass is 31.2. The van der Waals surface area contributed by atoms with Crippen LogP contribution in [-0.2, 0) is 14.1 Å². The molecule has 0 aliphatic carbocycles. The summed E-state index contributed by atoms with van der Waals surface area (Å²) in [5.41, 5.74) is 0.0697. The van der Waals surface area contributed by atoms with Gasteiger partial charge < -0.3 is 14.5 Å². The maximum absolute atomic E-state index is 10.8. The molecule has 0 aromatic carbocycles. The molecule has 5 nitrogen and oxygen atoms in total. The molecule has 0 fully saturated rings. The molecule has 6 heteroatoms. The van der Waals surface area contributed by atoms with E-state index in [-0.39, 0.29) is 5.57 Å². The van der Waals surface area contributed by atoms with Crippen LogP contribution in [0.15, 0.2) is 24.8 Å². The lowest BCUT2D eigenvalue weighted by Gasteiger charge is -2.14. The van der Waals surface area contributed by atoms with Crippen molar-refractivity contribution in [3.63, 3.8) is 0 Å². The quantitative estimate of drug-likeness (QED) is 0.307. The second kappa shape index (κ2) is 4.37. The van der Waals surface area contributed by atoms with E-state index in [0.717, 1.165) is 6.08 Å². The first kappa shape index (κ1) is 12.1. The van der Waals surface area contributed by atoms with Crippen LogP contribution in [0.1, 0.15) is 6.92 Å². The molecule has 0 radical (unpaired) electrons. The predicted molar refractivity (Wildman–Crippen MR) is 46.9 cm³/mol. The van der Waals surface area contributed by atoms with Crippen molar-refractivity contribution in [2.75, 3.05) is 0 Å². The molecule has 0 saturated carbocycles. The van der Waals surface area contributed by atoms with Crippen molar-refractivity contribution in [2.45, 2.75) is 12.8 Å². The highest BCUT2D eigenvalue weighted by Crippen LogP contribution is 2.42. The van der Waals surface area contributed by atoms with Gasteiger partial charge in [-0.3, -0.25) is 4.57 Å². The summed E-state index contributed by atoms with van der Waals surface area (Å²) in [4.78, 5) is 28.1. The molecule has 0 aromatic rings. The lowest BCUT2D eigenvalue weighted by molar-refractivity contribution is -0.139. The molecule has 0 aliphatic heterocycles. The number of carbonyl (C=O) groups is 1. The third-order valence-corrected chi connectivity index (χ3v) is 2.09. The molecule has 0 spiro atoms. The fraction of sp³-hybridized carbons (Fsp3) is 0.286. The monoisotopic (exact) mass is 206 g/mol. The number of esters is 1. The van der Waals surface area contributed by atoms with Gasteiger partial charge in [-0.1, -0.05) is 13.2 Å². The van der Waals surface area contributed by atoms with Crippen LogP contribution in [0, 0.1) is 0 Å². The van der Waals surface area contributed by atoms with Crippen molar-refractivity contribution in [3.8, 4) is 0 Å². The van der Waals surface area contributed by atoms with Gasteiger partial charge in [-0.25, -0.2) is 4.79 Å². The molecular formula is C7H11O5P. The molecule has 2 N–H and O–H groups in total. The van der Waals surface area contributed by atoms with Crippen molar-refractivity contribution < 1.29 is 23.9 Å². The van der Waals surface area contributed by atoms with E-state index in [2.05, 4.69) is 17.9 Å². The van der Waals surface area contributed by atoms with Gasteiger partial charge >= 0.3 is 13.6 Å². The third-order valence-electron chi connectivity index (χ3n) is 1.11. The summed E-state index contributed by atoms with van der Waals surface area (Å²) >= 11 is 0. The highest BCUT2D eigenvalue weighted by Gasteiger charge is 2.29. The lowest BCUT2D eigenvalue weighted by Crippen LogP contribution is -2.16. The van der Waals surface area contributed by atoms with Crippen LogP contribution in [0.3, 0.4) is 0 Å². The molecule has 0 saturated heterocycles. The van der Waals surface area contributed by atoms with Gasteiger partial charge in [0.1, 0.15) is 0 Å². The van der Waals surface area contributed by atoms with Crippen LogP contribution in [0.5, 0.6) is 0 Å². The van der Waals surface area contributed by atoms with Crippen molar-refractivity contribution >= 4 is 13.6 Å². The number of rotatable bonds is 4. The molecule has 0 heterocycles. The summed E-state index contributed by atoms with van der Waals surface area (Å²) in [7, 11) is -4.47. The Morgan fingerprint density at radius 3 is 2.31 bits per heavy atom.